The van der Waals surface area contributed by atoms with Crippen molar-refractivity contribution in [2.45, 2.75) is 54.9 Å². The lowest BCUT2D eigenvalue weighted by molar-refractivity contribution is -0.269. The van der Waals surface area contributed by atoms with Crippen LogP contribution in [0.4, 0.5) is 0 Å². The molecule has 0 aromatic heterocycles. The Kier molecular flexibility index (Phi) is 5.72. The maximum Gasteiger partial charge on any atom is 0.160 e. The van der Waals surface area contributed by atoms with Crippen molar-refractivity contribution in [1.82, 2.24) is 0 Å². The van der Waals surface area contributed by atoms with Crippen LogP contribution in [0.3, 0.4) is 0 Å². The van der Waals surface area contributed by atoms with Gasteiger partial charge in [0.15, 0.2) is 6.10 Å². The van der Waals surface area contributed by atoms with E-state index in [9.17, 15) is 30.6 Å². The van der Waals surface area contributed by atoms with Gasteiger partial charge in [-0.1, -0.05) is 0 Å². The van der Waals surface area contributed by atoms with Crippen molar-refractivity contribution < 1.29 is 50.3 Å². The Labute approximate surface area is 125 Å². The Morgan fingerprint density at radius 3 is 1.77 bits per heavy atom. The first-order valence-electron chi connectivity index (χ1n) is 6.82. The molecule has 2 aliphatic rings. The third kappa shape index (κ3) is 2.99. The van der Waals surface area contributed by atoms with E-state index in [-0.39, 0.29) is 0 Å². The monoisotopic (exact) mass is 325 g/mol. The normalized spacial score (nSPS) is 51.0. The number of ether oxygens (including phenoxy) is 2. The van der Waals surface area contributed by atoms with Crippen LogP contribution in [0.5, 0.6) is 0 Å². The van der Waals surface area contributed by atoms with Crippen molar-refractivity contribution in [2.24, 2.45) is 0 Å². The van der Waals surface area contributed by atoms with Crippen molar-refractivity contribution in [3.8, 4) is 0 Å². The quantitative estimate of drug-likeness (QED) is 0.250. The van der Waals surface area contributed by atoms with Gasteiger partial charge in [-0.2, -0.15) is 0 Å². The second kappa shape index (κ2) is 7.01. The SMILES string of the molecule is OC[C@H]1O[C@H]([C]2O[C@H](CO)[C@H](O)[C@H](O)[C@H]2O)[C@H](O)[C@@H](O)[C@H]1O. The first kappa shape index (κ1) is 17.9. The number of rotatable bonds is 3. The summed E-state index contributed by atoms with van der Waals surface area (Å²) < 4.78 is 10.4. The van der Waals surface area contributed by atoms with Crippen LogP contribution in [0.15, 0.2) is 0 Å². The van der Waals surface area contributed by atoms with Crippen molar-refractivity contribution in [2.75, 3.05) is 13.2 Å². The molecule has 2 aliphatic heterocycles. The smallest absolute Gasteiger partial charge is 0.160 e. The van der Waals surface area contributed by atoms with Crippen LogP contribution >= 0.6 is 0 Å². The molecule has 0 aromatic rings. The predicted octanol–water partition coefficient (Wildman–Crippen LogP) is -5.17. The van der Waals surface area contributed by atoms with Gasteiger partial charge in [-0.3, -0.25) is 0 Å². The summed E-state index contributed by atoms with van der Waals surface area (Å²) >= 11 is 0. The zero-order chi connectivity index (χ0) is 16.6. The summed E-state index contributed by atoms with van der Waals surface area (Å²) in [7, 11) is 0. The Morgan fingerprint density at radius 1 is 0.682 bits per heavy atom. The predicted molar refractivity (Wildman–Crippen MR) is 67.0 cm³/mol. The van der Waals surface area contributed by atoms with Gasteiger partial charge in [-0.25, -0.2) is 0 Å². The fraction of sp³-hybridized carbons (Fsp3) is 0.917. The second-order valence-electron chi connectivity index (χ2n) is 5.42. The molecule has 22 heavy (non-hydrogen) atoms. The minimum Gasteiger partial charge on any atom is -0.394 e. The first-order valence-corrected chi connectivity index (χ1v) is 6.82. The number of aliphatic hydroxyl groups is 8. The molecule has 10 heteroatoms. The van der Waals surface area contributed by atoms with E-state index >= 15 is 0 Å². The van der Waals surface area contributed by atoms with Crippen LogP contribution < -0.4 is 0 Å². The van der Waals surface area contributed by atoms with Crippen molar-refractivity contribution in [1.29, 1.82) is 0 Å². The fourth-order valence-electron chi connectivity index (χ4n) is 2.61. The molecule has 1 radical (unpaired) electrons. The summed E-state index contributed by atoms with van der Waals surface area (Å²) in [6.45, 7) is -1.34. The van der Waals surface area contributed by atoms with Gasteiger partial charge < -0.3 is 50.3 Å². The van der Waals surface area contributed by atoms with Crippen LogP contribution in [0.2, 0.25) is 0 Å². The molecule has 0 spiro atoms. The van der Waals surface area contributed by atoms with Gasteiger partial charge in [-0.15, -0.1) is 0 Å². The molecule has 9 atom stereocenters. The molecule has 2 heterocycles. The zero-order valence-electron chi connectivity index (χ0n) is 11.5. The highest BCUT2D eigenvalue weighted by molar-refractivity contribution is 5.11. The summed E-state index contributed by atoms with van der Waals surface area (Å²) in [6.07, 6.45) is -14.3. The van der Waals surface area contributed by atoms with Gasteiger partial charge in [0.2, 0.25) is 0 Å². The highest BCUT2D eigenvalue weighted by Crippen LogP contribution is 2.35. The summed E-state index contributed by atoms with van der Waals surface area (Å²) in [4.78, 5) is 0. The molecule has 0 unspecified atom stereocenters. The average Bonchev–Trinajstić information content (AvgIpc) is 2.52. The van der Waals surface area contributed by atoms with Gasteiger partial charge in [0.1, 0.15) is 54.9 Å². The zero-order valence-corrected chi connectivity index (χ0v) is 11.5. The Bertz CT molecular complexity index is 330. The van der Waals surface area contributed by atoms with E-state index in [2.05, 4.69) is 0 Å². The highest BCUT2D eigenvalue weighted by atomic mass is 16.6. The maximum atomic E-state index is 9.97. The highest BCUT2D eigenvalue weighted by Gasteiger charge is 2.54. The van der Waals surface area contributed by atoms with Gasteiger partial charge in [0.25, 0.3) is 0 Å². The van der Waals surface area contributed by atoms with E-state index in [1.54, 1.807) is 0 Å². The van der Waals surface area contributed by atoms with Crippen molar-refractivity contribution >= 4 is 0 Å². The Morgan fingerprint density at radius 2 is 1.23 bits per heavy atom. The minimum atomic E-state index is -1.75. The lowest BCUT2D eigenvalue weighted by atomic mass is 9.86. The summed E-state index contributed by atoms with van der Waals surface area (Å²) in [5.41, 5.74) is 0. The van der Waals surface area contributed by atoms with Crippen LogP contribution in [-0.4, -0.2) is 109 Å². The van der Waals surface area contributed by atoms with E-state index in [1.165, 1.54) is 0 Å². The molecule has 10 nitrogen and oxygen atoms in total. The molecule has 0 aromatic carbocycles. The molecule has 2 fully saturated rings. The average molecular weight is 325 g/mol. The molecule has 2 saturated heterocycles. The second-order valence-corrected chi connectivity index (χ2v) is 5.42. The van der Waals surface area contributed by atoms with Crippen LogP contribution in [0, 0.1) is 6.10 Å². The number of hydrogen-bond acceptors (Lipinski definition) is 10. The van der Waals surface area contributed by atoms with Crippen molar-refractivity contribution in [3.05, 3.63) is 6.10 Å². The maximum absolute atomic E-state index is 9.97. The third-order valence-electron chi connectivity index (χ3n) is 3.99. The minimum absolute atomic E-state index is 0.409. The van der Waals surface area contributed by atoms with Gasteiger partial charge >= 0.3 is 0 Å². The summed E-state index contributed by atoms with van der Waals surface area (Å²) in [6, 6.07) is 0. The lowest BCUT2D eigenvalue weighted by Crippen LogP contribution is -2.65. The molecule has 0 aliphatic carbocycles. The Hall–Kier alpha value is -0.400. The Balaban J connectivity index is 2.21. The van der Waals surface area contributed by atoms with E-state index in [4.69, 9.17) is 19.7 Å². The molecule has 0 bridgehead atoms. The standard InChI is InChI=1S/C12H21O10/c13-1-3-5(15)7(17)9(19)11(21-3)12-10(20)8(18)6(16)4(2-14)22-12/h3-11,13-20H,1-2H2/t3-,4-,5+,6+,7+,8+,9-,10-,11+/m1/s1. The van der Waals surface area contributed by atoms with Crippen LogP contribution in [-0.2, 0) is 9.47 Å². The van der Waals surface area contributed by atoms with E-state index in [0.29, 0.717) is 0 Å². The largest absolute Gasteiger partial charge is 0.394 e. The van der Waals surface area contributed by atoms with E-state index in [0.717, 1.165) is 0 Å². The van der Waals surface area contributed by atoms with Gasteiger partial charge in [0, 0.05) is 0 Å². The van der Waals surface area contributed by atoms with Gasteiger partial charge in [-0.05, 0) is 0 Å². The van der Waals surface area contributed by atoms with Crippen LogP contribution in [0.25, 0.3) is 0 Å². The first-order chi connectivity index (χ1) is 10.3. The molecule has 0 amide bonds. The van der Waals surface area contributed by atoms with E-state index in [1.807, 2.05) is 0 Å². The number of aliphatic hydroxyl groups excluding tert-OH is 8. The topological polar surface area (TPSA) is 180 Å². The molecule has 8 N–H and O–H groups in total. The molecular weight excluding hydrogens is 304 g/mol. The molecule has 129 valence electrons. The molecule has 2 rings (SSSR count). The third-order valence-corrected chi connectivity index (χ3v) is 3.99. The fourth-order valence-corrected chi connectivity index (χ4v) is 2.61. The van der Waals surface area contributed by atoms with Gasteiger partial charge in [0.05, 0.1) is 13.2 Å². The van der Waals surface area contributed by atoms with Crippen molar-refractivity contribution in [3.63, 3.8) is 0 Å². The van der Waals surface area contributed by atoms with E-state index < -0.39 is 74.3 Å². The molecular formula is C12H21O10. The summed E-state index contributed by atoms with van der Waals surface area (Å²) in [5.74, 6) is 0. The summed E-state index contributed by atoms with van der Waals surface area (Å²) in [5, 5.41) is 77.0. The molecule has 0 saturated carbocycles. The van der Waals surface area contributed by atoms with Crippen LogP contribution in [0.1, 0.15) is 0 Å². The lowest BCUT2D eigenvalue weighted by Gasteiger charge is -2.47. The number of hydrogen-bond donors (Lipinski definition) is 8.